The van der Waals surface area contributed by atoms with Crippen LogP contribution in [0.1, 0.15) is 98.5 Å². The number of aliphatic carboxylic acids is 1. The number of esters is 1. The van der Waals surface area contributed by atoms with Crippen LogP contribution in [0, 0.1) is 11.3 Å². The summed E-state index contributed by atoms with van der Waals surface area (Å²) in [7, 11) is 2.41. The van der Waals surface area contributed by atoms with Crippen LogP contribution in [0.15, 0.2) is 24.3 Å². The number of benzene rings is 1. The molecule has 4 atom stereocenters. The zero-order valence-corrected chi connectivity index (χ0v) is 31.8. The van der Waals surface area contributed by atoms with E-state index in [2.05, 4.69) is 35.8 Å². The number of nitrogens with two attached hydrogens (primary N) is 1. The lowest BCUT2D eigenvalue weighted by molar-refractivity contribution is -0.154. The molecule has 0 aromatic heterocycles. The summed E-state index contributed by atoms with van der Waals surface area (Å²) in [6, 6.07) is 4.09. The third-order valence-electron chi connectivity index (χ3n) is 7.59. The summed E-state index contributed by atoms with van der Waals surface area (Å²) >= 11 is 0. The highest BCUT2D eigenvalue weighted by atomic mass is 31.0. The molecule has 6 amide bonds. The molecular formula is C35H57N6O9P. The van der Waals surface area contributed by atoms with Gasteiger partial charge < -0.3 is 42.2 Å². The molecular weight excluding hydrogens is 679 g/mol. The Morgan fingerprint density at radius 3 is 2.02 bits per heavy atom. The number of nitrogens with one attached hydrogen (secondary N) is 5. The molecule has 0 fully saturated rings. The molecule has 0 aliphatic rings. The fourth-order valence-corrected chi connectivity index (χ4v) is 5.12. The molecule has 1 rings (SSSR count). The first-order chi connectivity index (χ1) is 23.7. The lowest BCUT2D eigenvalue weighted by Crippen LogP contribution is -2.54. The molecule has 15 nitrogen and oxygen atoms in total. The molecule has 0 bridgehead atoms. The molecule has 1 aromatic rings. The van der Waals surface area contributed by atoms with Crippen molar-refractivity contribution in [2.24, 2.45) is 17.1 Å². The van der Waals surface area contributed by atoms with Gasteiger partial charge in [-0.2, -0.15) is 0 Å². The van der Waals surface area contributed by atoms with Gasteiger partial charge in [0.05, 0.1) is 11.8 Å². The van der Waals surface area contributed by atoms with E-state index in [0.29, 0.717) is 37.9 Å². The molecule has 0 heterocycles. The zero-order valence-electron chi connectivity index (χ0n) is 30.7. The molecule has 1 aromatic carbocycles. The van der Waals surface area contributed by atoms with Gasteiger partial charge in [0.2, 0.25) is 23.6 Å². The molecule has 16 heteroatoms. The Labute approximate surface area is 302 Å². The van der Waals surface area contributed by atoms with E-state index in [4.69, 9.17) is 15.6 Å². The molecule has 8 N–H and O–H groups in total. The minimum atomic E-state index is -0.999. The van der Waals surface area contributed by atoms with E-state index in [0.717, 1.165) is 5.56 Å². The minimum Gasteiger partial charge on any atom is -0.481 e. The lowest BCUT2D eigenvalue weighted by Gasteiger charge is -2.25. The highest BCUT2D eigenvalue weighted by molar-refractivity contribution is 7.19. The van der Waals surface area contributed by atoms with Gasteiger partial charge >= 0.3 is 18.0 Å². The maximum atomic E-state index is 13.4. The van der Waals surface area contributed by atoms with Gasteiger partial charge in [0.25, 0.3) is 0 Å². The number of carbonyl (C=O) groups excluding carboxylic acids is 6. The molecule has 0 aliphatic carbocycles. The molecule has 286 valence electrons. The van der Waals surface area contributed by atoms with Gasteiger partial charge in [0.1, 0.15) is 18.7 Å². The Kier molecular flexibility index (Phi) is 19.2. The van der Waals surface area contributed by atoms with Crippen molar-refractivity contribution in [3.8, 4) is 0 Å². The largest absolute Gasteiger partial charge is 0.481 e. The number of hydrogen-bond donors (Lipinski definition) is 7. The normalized spacial score (nSPS) is 13.6. The van der Waals surface area contributed by atoms with Crippen LogP contribution >= 0.6 is 9.24 Å². The summed E-state index contributed by atoms with van der Waals surface area (Å²) in [6.45, 7) is 11.2. The van der Waals surface area contributed by atoms with Crippen molar-refractivity contribution in [1.29, 1.82) is 0 Å². The summed E-state index contributed by atoms with van der Waals surface area (Å²) in [5, 5.41) is 21.8. The van der Waals surface area contributed by atoms with Crippen LogP contribution < -0.4 is 32.3 Å². The van der Waals surface area contributed by atoms with Gasteiger partial charge in [-0.3, -0.25) is 28.8 Å². The summed E-state index contributed by atoms with van der Waals surface area (Å²) in [5.74, 6) is -3.23. The molecule has 0 saturated heterocycles. The van der Waals surface area contributed by atoms with Crippen molar-refractivity contribution >= 4 is 56.5 Å². The van der Waals surface area contributed by atoms with E-state index < -0.39 is 46.5 Å². The Hall–Kier alpha value is -4.26. The number of anilines is 1. The average molecular weight is 737 g/mol. The maximum Gasteiger partial charge on any atom is 0.312 e. The van der Waals surface area contributed by atoms with Crippen molar-refractivity contribution < 1.29 is 43.4 Å². The van der Waals surface area contributed by atoms with Crippen LogP contribution in [-0.2, 0) is 40.1 Å². The molecule has 0 radical (unpaired) electrons. The van der Waals surface area contributed by atoms with Crippen LogP contribution in [0.2, 0.25) is 0 Å². The number of amides is 6. The third kappa shape index (κ3) is 19.6. The molecule has 3 unspecified atom stereocenters. The molecule has 0 aliphatic heterocycles. The van der Waals surface area contributed by atoms with Gasteiger partial charge in [-0.05, 0) is 70.1 Å². The smallest absolute Gasteiger partial charge is 0.312 e. The van der Waals surface area contributed by atoms with Crippen molar-refractivity contribution in [1.82, 2.24) is 21.3 Å². The first-order valence-electron chi connectivity index (χ1n) is 17.2. The van der Waals surface area contributed by atoms with Gasteiger partial charge in [-0.1, -0.05) is 39.3 Å². The number of primary amides is 1. The van der Waals surface area contributed by atoms with Crippen molar-refractivity contribution in [2.45, 2.75) is 117 Å². The predicted octanol–water partition coefficient (Wildman–Crippen LogP) is 2.96. The number of ether oxygens (including phenoxy) is 1. The summed E-state index contributed by atoms with van der Waals surface area (Å²) in [6.07, 6.45) is 2.35. The Morgan fingerprint density at radius 1 is 0.824 bits per heavy atom. The number of carboxylic acid groups (broad SMARTS) is 1. The van der Waals surface area contributed by atoms with E-state index in [1.165, 1.54) is 0 Å². The number of hydrogen-bond acceptors (Lipinski definition) is 8. The van der Waals surface area contributed by atoms with E-state index in [1.807, 2.05) is 0 Å². The Bertz CT molecular complexity index is 1350. The van der Waals surface area contributed by atoms with Crippen LogP contribution in [-0.4, -0.2) is 77.0 Å². The van der Waals surface area contributed by atoms with Gasteiger partial charge in [-0.15, -0.1) is 9.24 Å². The second-order valence-electron chi connectivity index (χ2n) is 14.4. The highest BCUT2D eigenvalue weighted by Gasteiger charge is 2.29. The number of carboxylic acids is 1. The summed E-state index contributed by atoms with van der Waals surface area (Å²) < 4.78 is 5.33. The van der Waals surface area contributed by atoms with Crippen molar-refractivity contribution in [3.05, 3.63) is 29.8 Å². The van der Waals surface area contributed by atoms with E-state index in [9.17, 15) is 33.6 Å². The fourth-order valence-electron chi connectivity index (χ4n) is 4.76. The van der Waals surface area contributed by atoms with Crippen LogP contribution in [0.25, 0.3) is 0 Å². The summed E-state index contributed by atoms with van der Waals surface area (Å²) in [5.41, 5.74) is 5.69. The SMILES string of the molecule is CC(C)[C@H](NC(=O)CCCCCNC(=O)CC(C)(P)CC(=O)O)C(=O)NC(CCCNC(N)=O)C(=O)Nc1ccc(COC(=O)C(C)(C)C)cc1. The lowest BCUT2D eigenvalue weighted by atomic mass is 9.97. The van der Waals surface area contributed by atoms with Gasteiger partial charge in [0.15, 0.2) is 0 Å². The first kappa shape index (κ1) is 44.8. The fraction of sp³-hybridized carbons (Fsp3) is 0.629. The van der Waals surface area contributed by atoms with Crippen LogP contribution in [0.4, 0.5) is 10.5 Å². The first-order valence-corrected chi connectivity index (χ1v) is 17.8. The van der Waals surface area contributed by atoms with E-state index in [1.54, 1.807) is 65.8 Å². The topological polar surface area (TPSA) is 235 Å². The zero-order chi connectivity index (χ0) is 38.8. The van der Waals surface area contributed by atoms with E-state index in [-0.39, 0.29) is 62.5 Å². The maximum absolute atomic E-state index is 13.4. The average Bonchev–Trinajstić information content (AvgIpc) is 3.00. The number of carbonyl (C=O) groups is 7. The second kappa shape index (κ2) is 21.8. The Morgan fingerprint density at radius 2 is 1.45 bits per heavy atom. The number of unbranched alkanes of at least 4 members (excludes halogenated alkanes) is 2. The Balaban J connectivity index is 2.73. The van der Waals surface area contributed by atoms with Crippen LogP contribution in [0.5, 0.6) is 0 Å². The predicted molar refractivity (Wildman–Crippen MR) is 196 cm³/mol. The van der Waals surface area contributed by atoms with Gasteiger partial charge in [-0.25, -0.2) is 4.79 Å². The number of urea groups is 1. The molecule has 51 heavy (non-hydrogen) atoms. The van der Waals surface area contributed by atoms with Crippen molar-refractivity contribution in [3.63, 3.8) is 0 Å². The van der Waals surface area contributed by atoms with Crippen LogP contribution in [0.3, 0.4) is 0 Å². The summed E-state index contributed by atoms with van der Waals surface area (Å²) in [4.78, 5) is 85.8. The van der Waals surface area contributed by atoms with Gasteiger partial charge in [0, 0.05) is 36.8 Å². The monoisotopic (exact) mass is 736 g/mol. The molecule has 0 saturated carbocycles. The standard InChI is InChI=1S/C35H57N6O9P/c1-22(2)29(41-26(42)12-8-7-9-17-37-27(43)19-35(6,51)20-28(44)45)31(47)40-25(11-10-18-38-33(36)49)30(46)39-24-15-13-23(14-16-24)21-50-32(48)34(3,4)5/h13-16,22,25,29H,7-12,17-21,51H2,1-6H3,(H,37,43)(H,39,46)(H,40,47)(H,41,42)(H,44,45)(H3,36,38,49)/t25?,29-,35?/m0/s1. The second-order valence-corrected chi connectivity index (χ2v) is 15.8. The third-order valence-corrected chi connectivity index (χ3v) is 8.00. The van der Waals surface area contributed by atoms with Crippen molar-refractivity contribution in [2.75, 3.05) is 18.4 Å². The highest BCUT2D eigenvalue weighted by Crippen LogP contribution is 2.26. The minimum absolute atomic E-state index is 0.0583. The quantitative estimate of drug-likeness (QED) is 0.0526. The number of rotatable bonds is 22. The molecule has 0 spiro atoms. The van der Waals surface area contributed by atoms with E-state index >= 15 is 0 Å².